The molecule has 0 unspecified atom stereocenters. The molecule has 0 atom stereocenters. The highest BCUT2D eigenvalue weighted by atomic mass is 16.5. The summed E-state index contributed by atoms with van der Waals surface area (Å²) in [4.78, 5) is 10.7. The fourth-order valence-electron chi connectivity index (χ4n) is 3.58. The number of hydrogen-bond donors (Lipinski definition) is 1. The molecular weight excluding hydrogens is 336 g/mol. The zero-order chi connectivity index (χ0) is 19.1. The number of aryl methyl sites for hydroxylation is 2. The SMILES string of the molecule is Cc1ccc(C2=C(COc3ccc(CCC(=O)O)cc3)CCCCC2)cc1. The predicted molar refractivity (Wildman–Crippen MR) is 109 cm³/mol. The van der Waals surface area contributed by atoms with Crippen molar-refractivity contribution in [3.8, 4) is 5.75 Å². The van der Waals surface area contributed by atoms with Crippen LogP contribution >= 0.6 is 0 Å². The minimum atomic E-state index is -0.765. The summed E-state index contributed by atoms with van der Waals surface area (Å²) < 4.78 is 6.08. The minimum Gasteiger partial charge on any atom is -0.489 e. The van der Waals surface area contributed by atoms with E-state index in [-0.39, 0.29) is 6.42 Å². The smallest absolute Gasteiger partial charge is 0.303 e. The maximum Gasteiger partial charge on any atom is 0.303 e. The summed E-state index contributed by atoms with van der Waals surface area (Å²) in [7, 11) is 0. The first-order valence-corrected chi connectivity index (χ1v) is 9.83. The Morgan fingerprint density at radius 1 is 0.963 bits per heavy atom. The summed E-state index contributed by atoms with van der Waals surface area (Å²) in [5.74, 6) is 0.0772. The normalized spacial score (nSPS) is 14.7. The fourth-order valence-corrected chi connectivity index (χ4v) is 3.58. The number of aliphatic carboxylic acids is 1. The van der Waals surface area contributed by atoms with Gasteiger partial charge in [0.1, 0.15) is 12.4 Å². The van der Waals surface area contributed by atoms with Gasteiger partial charge in [0.25, 0.3) is 0 Å². The van der Waals surface area contributed by atoms with Gasteiger partial charge < -0.3 is 9.84 Å². The van der Waals surface area contributed by atoms with E-state index in [0.29, 0.717) is 13.0 Å². The molecule has 0 saturated heterocycles. The highest BCUT2D eigenvalue weighted by molar-refractivity contribution is 5.69. The molecule has 3 nitrogen and oxygen atoms in total. The lowest BCUT2D eigenvalue weighted by molar-refractivity contribution is -0.136. The average Bonchev–Trinajstić information content (AvgIpc) is 2.92. The first-order valence-electron chi connectivity index (χ1n) is 9.83. The maximum atomic E-state index is 10.7. The largest absolute Gasteiger partial charge is 0.489 e. The molecule has 0 heterocycles. The van der Waals surface area contributed by atoms with Crippen LogP contribution in [0.5, 0.6) is 5.75 Å². The summed E-state index contributed by atoms with van der Waals surface area (Å²) in [5.41, 5.74) is 6.49. The maximum absolute atomic E-state index is 10.7. The monoisotopic (exact) mass is 364 g/mol. The van der Waals surface area contributed by atoms with Gasteiger partial charge in [0.15, 0.2) is 0 Å². The zero-order valence-corrected chi connectivity index (χ0v) is 16.0. The van der Waals surface area contributed by atoms with Crippen LogP contribution in [0.15, 0.2) is 54.1 Å². The summed E-state index contributed by atoms with van der Waals surface area (Å²) in [5, 5.41) is 8.78. The van der Waals surface area contributed by atoms with Gasteiger partial charge in [-0.3, -0.25) is 4.79 Å². The Bertz CT molecular complexity index is 785. The van der Waals surface area contributed by atoms with Crippen LogP contribution in [0.3, 0.4) is 0 Å². The molecule has 0 spiro atoms. The van der Waals surface area contributed by atoms with Gasteiger partial charge in [0.2, 0.25) is 0 Å². The van der Waals surface area contributed by atoms with Gasteiger partial charge in [-0.15, -0.1) is 0 Å². The van der Waals surface area contributed by atoms with Crippen molar-refractivity contribution in [1.29, 1.82) is 0 Å². The van der Waals surface area contributed by atoms with E-state index in [9.17, 15) is 4.79 Å². The van der Waals surface area contributed by atoms with Crippen molar-refractivity contribution < 1.29 is 14.6 Å². The van der Waals surface area contributed by atoms with E-state index in [2.05, 4.69) is 31.2 Å². The summed E-state index contributed by atoms with van der Waals surface area (Å²) in [6.07, 6.45) is 6.67. The molecule has 3 rings (SSSR count). The third-order valence-corrected chi connectivity index (χ3v) is 5.20. The minimum absolute atomic E-state index is 0.160. The fraction of sp³-hybridized carbons (Fsp3) is 0.375. The number of carboxylic acid groups (broad SMARTS) is 1. The third-order valence-electron chi connectivity index (χ3n) is 5.20. The number of benzene rings is 2. The number of hydrogen-bond acceptors (Lipinski definition) is 2. The molecule has 27 heavy (non-hydrogen) atoms. The molecule has 0 fully saturated rings. The number of carbonyl (C=O) groups is 1. The Morgan fingerprint density at radius 2 is 1.67 bits per heavy atom. The summed E-state index contributed by atoms with van der Waals surface area (Å²) >= 11 is 0. The average molecular weight is 364 g/mol. The molecule has 142 valence electrons. The molecule has 0 radical (unpaired) electrons. The predicted octanol–water partition coefficient (Wildman–Crippen LogP) is 5.81. The van der Waals surface area contributed by atoms with Gasteiger partial charge >= 0.3 is 5.97 Å². The van der Waals surface area contributed by atoms with Crippen LogP contribution in [0, 0.1) is 6.92 Å². The number of ether oxygens (including phenoxy) is 1. The van der Waals surface area contributed by atoms with Crippen LogP contribution in [0.1, 0.15) is 55.2 Å². The van der Waals surface area contributed by atoms with E-state index < -0.39 is 5.97 Å². The van der Waals surface area contributed by atoms with Gasteiger partial charge in [-0.05, 0) is 73.4 Å². The van der Waals surface area contributed by atoms with E-state index in [1.165, 1.54) is 41.5 Å². The molecule has 0 saturated carbocycles. The standard InChI is InChI=1S/C24H28O3/c1-18-7-12-20(13-8-18)23-6-4-2-3-5-21(23)17-27-22-14-9-19(10-15-22)11-16-24(25)26/h7-10,12-15H,2-6,11,16-17H2,1H3,(H,25,26). The number of carboxylic acids is 1. The molecule has 0 amide bonds. The quantitative estimate of drug-likeness (QED) is 0.674. The molecule has 1 N–H and O–H groups in total. The van der Waals surface area contributed by atoms with Crippen molar-refractivity contribution in [2.75, 3.05) is 6.61 Å². The molecule has 1 aliphatic carbocycles. The Kier molecular flexibility index (Phi) is 6.69. The highest BCUT2D eigenvalue weighted by Gasteiger charge is 2.14. The molecule has 0 aromatic heterocycles. The Labute approximate surface area is 161 Å². The third kappa shape index (κ3) is 5.72. The van der Waals surface area contributed by atoms with Crippen molar-refractivity contribution >= 4 is 11.5 Å². The van der Waals surface area contributed by atoms with Gasteiger partial charge in [-0.1, -0.05) is 48.4 Å². The van der Waals surface area contributed by atoms with E-state index in [0.717, 1.165) is 24.2 Å². The van der Waals surface area contributed by atoms with Crippen molar-refractivity contribution in [1.82, 2.24) is 0 Å². The first kappa shape index (κ1) is 19.2. The van der Waals surface area contributed by atoms with Crippen molar-refractivity contribution in [3.63, 3.8) is 0 Å². The summed E-state index contributed by atoms with van der Waals surface area (Å²) in [6, 6.07) is 16.6. The second kappa shape index (κ2) is 9.40. The Morgan fingerprint density at radius 3 is 2.37 bits per heavy atom. The molecular formula is C24H28O3. The Balaban J connectivity index is 1.69. The van der Waals surface area contributed by atoms with Gasteiger partial charge in [-0.2, -0.15) is 0 Å². The van der Waals surface area contributed by atoms with E-state index in [4.69, 9.17) is 9.84 Å². The van der Waals surface area contributed by atoms with Gasteiger partial charge in [0.05, 0.1) is 0 Å². The van der Waals surface area contributed by atoms with Crippen molar-refractivity contribution in [2.24, 2.45) is 0 Å². The second-order valence-electron chi connectivity index (χ2n) is 7.34. The molecule has 0 aliphatic heterocycles. The van der Waals surface area contributed by atoms with E-state index >= 15 is 0 Å². The number of allylic oxidation sites excluding steroid dienone is 1. The molecule has 3 heteroatoms. The van der Waals surface area contributed by atoms with E-state index in [1.807, 2.05) is 24.3 Å². The zero-order valence-electron chi connectivity index (χ0n) is 16.0. The van der Waals surface area contributed by atoms with Crippen LogP contribution < -0.4 is 4.74 Å². The lowest BCUT2D eigenvalue weighted by atomic mass is 9.95. The van der Waals surface area contributed by atoms with Crippen LogP contribution in [-0.2, 0) is 11.2 Å². The van der Waals surface area contributed by atoms with Crippen LogP contribution in [0.4, 0.5) is 0 Å². The van der Waals surface area contributed by atoms with Crippen molar-refractivity contribution in [3.05, 3.63) is 70.8 Å². The number of rotatable bonds is 7. The lowest BCUT2D eigenvalue weighted by Gasteiger charge is -2.15. The van der Waals surface area contributed by atoms with Gasteiger partial charge in [-0.25, -0.2) is 0 Å². The molecule has 1 aliphatic rings. The molecule has 0 bridgehead atoms. The van der Waals surface area contributed by atoms with Crippen molar-refractivity contribution in [2.45, 2.75) is 51.9 Å². The molecule has 2 aromatic rings. The van der Waals surface area contributed by atoms with Gasteiger partial charge in [0, 0.05) is 6.42 Å². The highest BCUT2D eigenvalue weighted by Crippen LogP contribution is 2.32. The van der Waals surface area contributed by atoms with Crippen LogP contribution in [-0.4, -0.2) is 17.7 Å². The van der Waals surface area contributed by atoms with Crippen LogP contribution in [0.2, 0.25) is 0 Å². The molecule has 2 aromatic carbocycles. The topological polar surface area (TPSA) is 46.5 Å². The summed E-state index contributed by atoms with van der Waals surface area (Å²) in [6.45, 7) is 2.74. The first-order chi connectivity index (χ1) is 13.1. The van der Waals surface area contributed by atoms with E-state index in [1.54, 1.807) is 0 Å². The van der Waals surface area contributed by atoms with Crippen LogP contribution in [0.25, 0.3) is 5.57 Å². The second-order valence-corrected chi connectivity index (χ2v) is 7.34. The Hall–Kier alpha value is -2.55. The lowest BCUT2D eigenvalue weighted by Crippen LogP contribution is -2.04.